The van der Waals surface area contributed by atoms with Crippen molar-refractivity contribution in [2.24, 2.45) is 0 Å². The van der Waals surface area contributed by atoms with E-state index in [0.717, 1.165) is 5.56 Å². The molecule has 0 spiro atoms. The van der Waals surface area contributed by atoms with Gasteiger partial charge in [0.15, 0.2) is 5.76 Å². The van der Waals surface area contributed by atoms with E-state index in [-0.39, 0.29) is 30.6 Å². The first kappa shape index (κ1) is 23.1. The van der Waals surface area contributed by atoms with Crippen molar-refractivity contribution in [1.82, 2.24) is 5.32 Å². The summed E-state index contributed by atoms with van der Waals surface area (Å²) in [5.74, 6) is -0.165. The topological polar surface area (TPSA) is 107 Å². The predicted octanol–water partition coefficient (Wildman–Crippen LogP) is 4.34. The fourth-order valence-electron chi connectivity index (χ4n) is 2.97. The number of amides is 2. The lowest BCUT2D eigenvalue weighted by atomic mass is 10.0. The lowest BCUT2D eigenvalue weighted by Crippen LogP contribution is -2.25. The largest absolute Gasteiger partial charge is 0.497 e. The standard InChI is InChI=1S/C23H24N2O6S/c1-3-30-23(28)20-17(15-8-10-16(29-2)11-9-15)14-32-22(20)25-19(26)7-4-12-24-21(27)18-6-5-13-31-18/h5-6,8-11,13-14H,3-4,7,12H2,1-2H3,(H,24,27)(H,25,26). The highest BCUT2D eigenvalue weighted by Gasteiger charge is 2.22. The van der Waals surface area contributed by atoms with Crippen LogP contribution >= 0.6 is 11.3 Å². The number of carbonyl (C=O) groups is 3. The van der Waals surface area contributed by atoms with Gasteiger partial charge in [-0.3, -0.25) is 9.59 Å². The molecule has 8 nitrogen and oxygen atoms in total. The highest BCUT2D eigenvalue weighted by molar-refractivity contribution is 7.15. The first-order chi connectivity index (χ1) is 15.5. The zero-order chi connectivity index (χ0) is 22.9. The number of methoxy groups -OCH3 is 1. The molecule has 0 atom stereocenters. The Morgan fingerprint density at radius 3 is 2.56 bits per heavy atom. The Kier molecular flexibility index (Phi) is 8.04. The molecule has 0 radical (unpaired) electrons. The van der Waals surface area contributed by atoms with Crippen LogP contribution in [0.4, 0.5) is 5.00 Å². The number of anilines is 1. The van der Waals surface area contributed by atoms with Crippen LogP contribution < -0.4 is 15.4 Å². The number of hydrogen-bond acceptors (Lipinski definition) is 7. The number of nitrogens with one attached hydrogen (secondary N) is 2. The summed E-state index contributed by atoms with van der Waals surface area (Å²) in [5.41, 5.74) is 1.81. The monoisotopic (exact) mass is 456 g/mol. The Labute approximate surface area is 189 Å². The molecule has 0 saturated carbocycles. The number of benzene rings is 1. The van der Waals surface area contributed by atoms with Crippen molar-refractivity contribution in [2.45, 2.75) is 19.8 Å². The highest BCUT2D eigenvalue weighted by Crippen LogP contribution is 2.37. The summed E-state index contributed by atoms with van der Waals surface area (Å²) in [6.45, 7) is 2.27. The summed E-state index contributed by atoms with van der Waals surface area (Å²) < 4.78 is 15.4. The summed E-state index contributed by atoms with van der Waals surface area (Å²) in [6, 6.07) is 10.5. The first-order valence-corrected chi connectivity index (χ1v) is 11.0. The molecule has 3 aromatic rings. The molecule has 2 aromatic heterocycles. The van der Waals surface area contributed by atoms with Gasteiger partial charge in [0.2, 0.25) is 5.91 Å². The lowest BCUT2D eigenvalue weighted by molar-refractivity contribution is -0.116. The van der Waals surface area contributed by atoms with Gasteiger partial charge in [-0.1, -0.05) is 12.1 Å². The van der Waals surface area contributed by atoms with Crippen molar-refractivity contribution in [1.29, 1.82) is 0 Å². The molecule has 2 N–H and O–H groups in total. The molecule has 0 saturated heterocycles. The van der Waals surface area contributed by atoms with Gasteiger partial charge in [0.05, 0.1) is 20.0 Å². The van der Waals surface area contributed by atoms with Gasteiger partial charge in [-0.25, -0.2) is 4.79 Å². The molecule has 0 aliphatic carbocycles. The molecule has 0 aliphatic heterocycles. The van der Waals surface area contributed by atoms with Crippen molar-refractivity contribution in [3.05, 3.63) is 59.4 Å². The Balaban J connectivity index is 1.64. The van der Waals surface area contributed by atoms with Gasteiger partial charge in [-0.05, 0) is 43.2 Å². The van der Waals surface area contributed by atoms with Crippen LogP contribution in [0, 0.1) is 0 Å². The van der Waals surface area contributed by atoms with E-state index < -0.39 is 5.97 Å². The second kappa shape index (κ2) is 11.1. The number of rotatable bonds is 10. The summed E-state index contributed by atoms with van der Waals surface area (Å²) in [5, 5.41) is 7.73. The van der Waals surface area contributed by atoms with E-state index in [0.29, 0.717) is 34.8 Å². The van der Waals surface area contributed by atoms with E-state index in [2.05, 4.69) is 10.6 Å². The number of thiophene rings is 1. The maximum absolute atomic E-state index is 12.6. The van der Waals surface area contributed by atoms with Crippen LogP contribution in [0.25, 0.3) is 11.1 Å². The van der Waals surface area contributed by atoms with Gasteiger partial charge < -0.3 is 24.5 Å². The molecular formula is C23H24N2O6S. The Bertz CT molecular complexity index is 1060. The van der Waals surface area contributed by atoms with Crippen molar-refractivity contribution in [3.63, 3.8) is 0 Å². The fraction of sp³-hybridized carbons (Fsp3) is 0.261. The Hall–Kier alpha value is -3.59. The molecule has 0 fully saturated rings. The molecule has 0 unspecified atom stereocenters. The van der Waals surface area contributed by atoms with Crippen LogP contribution in [-0.4, -0.2) is 38.0 Å². The van der Waals surface area contributed by atoms with E-state index in [9.17, 15) is 14.4 Å². The minimum Gasteiger partial charge on any atom is -0.497 e. The van der Waals surface area contributed by atoms with Crippen molar-refractivity contribution < 1.29 is 28.3 Å². The quantitative estimate of drug-likeness (QED) is 0.347. The van der Waals surface area contributed by atoms with E-state index in [1.165, 1.54) is 17.6 Å². The zero-order valence-corrected chi connectivity index (χ0v) is 18.6. The predicted molar refractivity (Wildman–Crippen MR) is 121 cm³/mol. The van der Waals surface area contributed by atoms with Crippen LogP contribution in [0.2, 0.25) is 0 Å². The van der Waals surface area contributed by atoms with Gasteiger partial charge in [0.25, 0.3) is 5.91 Å². The summed E-state index contributed by atoms with van der Waals surface area (Å²) in [4.78, 5) is 36.9. The normalized spacial score (nSPS) is 10.4. The molecule has 1 aromatic carbocycles. The number of furan rings is 1. The average Bonchev–Trinajstić information content (AvgIpc) is 3.47. The number of hydrogen-bond donors (Lipinski definition) is 2. The Morgan fingerprint density at radius 2 is 1.91 bits per heavy atom. The number of esters is 1. The lowest BCUT2D eigenvalue weighted by Gasteiger charge is -2.09. The maximum atomic E-state index is 12.6. The second-order valence-electron chi connectivity index (χ2n) is 6.69. The summed E-state index contributed by atoms with van der Waals surface area (Å²) in [7, 11) is 1.58. The van der Waals surface area contributed by atoms with Crippen LogP contribution in [0.3, 0.4) is 0 Å². The smallest absolute Gasteiger partial charge is 0.341 e. The minimum absolute atomic E-state index is 0.177. The molecule has 2 amide bonds. The molecular weight excluding hydrogens is 432 g/mol. The fourth-order valence-corrected chi connectivity index (χ4v) is 3.95. The van der Waals surface area contributed by atoms with Crippen molar-refractivity contribution >= 4 is 34.1 Å². The van der Waals surface area contributed by atoms with Crippen LogP contribution in [-0.2, 0) is 9.53 Å². The zero-order valence-electron chi connectivity index (χ0n) is 17.8. The van der Waals surface area contributed by atoms with Crippen LogP contribution in [0.15, 0.2) is 52.5 Å². The average molecular weight is 457 g/mol. The molecule has 9 heteroatoms. The molecule has 168 valence electrons. The van der Waals surface area contributed by atoms with Crippen molar-refractivity contribution in [2.75, 3.05) is 25.6 Å². The third kappa shape index (κ3) is 5.76. The SMILES string of the molecule is CCOC(=O)c1c(-c2ccc(OC)cc2)csc1NC(=O)CCCNC(=O)c1ccco1. The molecule has 32 heavy (non-hydrogen) atoms. The molecule has 0 aliphatic rings. The summed E-state index contributed by atoms with van der Waals surface area (Å²) >= 11 is 1.26. The van der Waals surface area contributed by atoms with Gasteiger partial charge in [-0.2, -0.15) is 0 Å². The molecule has 0 bridgehead atoms. The molecule has 3 rings (SSSR count). The van der Waals surface area contributed by atoms with Gasteiger partial charge in [0, 0.05) is 23.9 Å². The van der Waals surface area contributed by atoms with Crippen LogP contribution in [0.5, 0.6) is 5.75 Å². The third-order valence-electron chi connectivity index (χ3n) is 4.54. The van der Waals surface area contributed by atoms with Crippen molar-refractivity contribution in [3.8, 4) is 16.9 Å². The van der Waals surface area contributed by atoms with Gasteiger partial charge >= 0.3 is 5.97 Å². The first-order valence-electron chi connectivity index (χ1n) is 10.1. The minimum atomic E-state index is -0.499. The third-order valence-corrected chi connectivity index (χ3v) is 5.43. The second-order valence-corrected chi connectivity index (χ2v) is 7.57. The highest BCUT2D eigenvalue weighted by atomic mass is 32.1. The number of carbonyl (C=O) groups excluding carboxylic acids is 3. The van der Waals surface area contributed by atoms with E-state index >= 15 is 0 Å². The van der Waals surface area contributed by atoms with E-state index in [4.69, 9.17) is 13.9 Å². The molecule has 2 heterocycles. The summed E-state index contributed by atoms with van der Waals surface area (Å²) in [6.07, 6.45) is 2.03. The van der Waals surface area contributed by atoms with Gasteiger partial charge in [-0.15, -0.1) is 11.3 Å². The number of ether oxygens (including phenoxy) is 2. The van der Waals surface area contributed by atoms with Crippen LogP contribution in [0.1, 0.15) is 40.7 Å². The Morgan fingerprint density at radius 1 is 1.12 bits per heavy atom. The maximum Gasteiger partial charge on any atom is 0.341 e. The van der Waals surface area contributed by atoms with E-state index in [1.807, 2.05) is 17.5 Å². The van der Waals surface area contributed by atoms with E-state index in [1.54, 1.807) is 38.3 Å². The van der Waals surface area contributed by atoms with Gasteiger partial charge in [0.1, 0.15) is 16.3 Å².